The molecule has 0 bridgehead atoms. The quantitative estimate of drug-likeness (QED) is 0.853. The number of benzene rings is 2. The molecule has 0 saturated heterocycles. The van der Waals surface area contributed by atoms with Gasteiger partial charge in [0.15, 0.2) is 0 Å². The van der Waals surface area contributed by atoms with Crippen molar-refractivity contribution in [3.63, 3.8) is 0 Å². The molecule has 0 aliphatic carbocycles. The van der Waals surface area contributed by atoms with Crippen molar-refractivity contribution >= 4 is 0 Å². The molecule has 112 valence electrons. The second kappa shape index (κ2) is 7.28. The van der Waals surface area contributed by atoms with E-state index in [2.05, 4.69) is 26.0 Å². The summed E-state index contributed by atoms with van der Waals surface area (Å²) in [5, 5.41) is 10.7. The van der Waals surface area contributed by atoms with Crippen molar-refractivity contribution in [1.82, 2.24) is 0 Å². The zero-order valence-electron chi connectivity index (χ0n) is 13.0. The molecule has 0 heterocycles. The lowest BCUT2D eigenvalue weighted by Crippen LogP contribution is -2.05. The Labute approximate surface area is 127 Å². The van der Waals surface area contributed by atoms with Crippen molar-refractivity contribution in [2.75, 3.05) is 6.61 Å². The summed E-state index contributed by atoms with van der Waals surface area (Å²) in [6.07, 6.45) is 0.369. The first-order valence-electron chi connectivity index (χ1n) is 7.60. The monoisotopic (exact) mass is 284 g/mol. The summed E-state index contributed by atoms with van der Waals surface area (Å²) in [4.78, 5) is 0. The van der Waals surface area contributed by atoms with Crippen LogP contribution in [-0.2, 0) is 6.42 Å². The first-order valence-corrected chi connectivity index (χ1v) is 7.60. The number of hydrogen-bond acceptors (Lipinski definition) is 2. The third-order valence-electron chi connectivity index (χ3n) is 3.42. The van der Waals surface area contributed by atoms with E-state index in [1.807, 2.05) is 43.3 Å². The van der Waals surface area contributed by atoms with E-state index in [0.29, 0.717) is 12.5 Å². The highest BCUT2D eigenvalue weighted by Crippen LogP contribution is 2.30. The van der Waals surface area contributed by atoms with Crippen molar-refractivity contribution in [2.24, 2.45) is 5.92 Å². The predicted octanol–water partition coefficient (Wildman–Crippen LogP) is 4.37. The van der Waals surface area contributed by atoms with Crippen LogP contribution in [0, 0.1) is 5.92 Å². The molecule has 2 aromatic rings. The maximum Gasteiger partial charge on any atom is 0.125 e. The Kier molecular flexibility index (Phi) is 5.40. The third kappa shape index (κ3) is 4.08. The van der Waals surface area contributed by atoms with Gasteiger partial charge in [-0.3, -0.25) is 0 Å². The highest BCUT2D eigenvalue weighted by molar-refractivity contribution is 5.41. The maximum absolute atomic E-state index is 10.7. The highest BCUT2D eigenvalue weighted by atomic mass is 16.5. The van der Waals surface area contributed by atoms with Crippen molar-refractivity contribution < 1.29 is 9.84 Å². The van der Waals surface area contributed by atoms with E-state index < -0.39 is 6.10 Å². The zero-order chi connectivity index (χ0) is 15.2. The molecule has 0 aromatic heterocycles. The average molecular weight is 284 g/mol. The molecule has 0 fully saturated rings. The molecule has 0 spiro atoms. The number of aliphatic hydroxyl groups is 1. The van der Waals surface area contributed by atoms with Crippen LogP contribution in [0.5, 0.6) is 5.75 Å². The van der Waals surface area contributed by atoms with Crippen LogP contribution in [0.25, 0.3) is 0 Å². The number of hydrogen-bond donors (Lipinski definition) is 1. The topological polar surface area (TPSA) is 29.5 Å². The summed E-state index contributed by atoms with van der Waals surface area (Å²) >= 11 is 0. The molecule has 1 N–H and O–H groups in total. The number of para-hydroxylation sites is 1. The van der Waals surface area contributed by atoms with Crippen molar-refractivity contribution in [3.8, 4) is 5.75 Å². The molecule has 1 atom stereocenters. The van der Waals surface area contributed by atoms with E-state index in [-0.39, 0.29) is 0 Å². The molecule has 0 amide bonds. The van der Waals surface area contributed by atoms with Gasteiger partial charge in [-0.25, -0.2) is 0 Å². The van der Waals surface area contributed by atoms with Crippen LogP contribution in [0.3, 0.4) is 0 Å². The number of rotatable bonds is 6. The standard InChI is InChI=1S/C19H24O2/c1-4-21-18-11-6-5-10-17(18)19(20)16-9-7-8-15(13-16)12-14(2)3/h5-11,13-14,19-20H,4,12H2,1-3H3. The molecule has 2 aromatic carbocycles. The van der Waals surface area contributed by atoms with E-state index >= 15 is 0 Å². The van der Waals surface area contributed by atoms with Crippen LogP contribution in [0.2, 0.25) is 0 Å². The fraction of sp³-hybridized carbons (Fsp3) is 0.368. The van der Waals surface area contributed by atoms with Crippen LogP contribution in [-0.4, -0.2) is 11.7 Å². The molecule has 2 heteroatoms. The van der Waals surface area contributed by atoms with Crippen LogP contribution in [0.4, 0.5) is 0 Å². The fourth-order valence-electron chi connectivity index (χ4n) is 2.53. The first-order chi connectivity index (χ1) is 10.1. The van der Waals surface area contributed by atoms with Crippen LogP contribution in [0.15, 0.2) is 48.5 Å². The Bertz CT molecular complexity index is 575. The van der Waals surface area contributed by atoms with E-state index in [9.17, 15) is 5.11 Å². The maximum atomic E-state index is 10.7. The summed E-state index contributed by atoms with van der Waals surface area (Å²) in [6, 6.07) is 15.9. The molecule has 0 radical (unpaired) electrons. The van der Waals surface area contributed by atoms with Gasteiger partial charge in [0.1, 0.15) is 11.9 Å². The Morgan fingerprint density at radius 3 is 2.52 bits per heavy atom. The summed E-state index contributed by atoms with van der Waals surface area (Å²) in [5.74, 6) is 1.36. The Morgan fingerprint density at radius 2 is 1.81 bits per heavy atom. The Balaban J connectivity index is 2.29. The SMILES string of the molecule is CCOc1ccccc1C(O)c1cccc(CC(C)C)c1. The van der Waals surface area contributed by atoms with E-state index in [1.54, 1.807) is 0 Å². The lowest BCUT2D eigenvalue weighted by atomic mass is 9.96. The molecular formula is C19H24O2. The van der Waals surface area contributed by atoms with Gasteiger partial charge >= 0.3 is 0 Å². The van der Waals surface area contributed by atoms with Gasteiger partial charge < -0.3 is 9.84 Å². The molecule has 0 aliphatic heterocycles. The zero-order valence-corrected chi connectivity index (χ0v) is 13.0. The third-order valence-corrected chi connectivity index (χ3v) is 3.42. The molecular weight excluding hydrogens is 260 g/mol. The van der Waals surface area contributed by atoms with Gasteiger partial charge in [0.25, 0.3) is 0 Å². The summed E-state index contributed by atoms with van der Waals surface area (Å²) < 4.78 is 5.61. The lowest BCUT2D eigenvalue weighted by molar-refractivity contribution is 0.212. The van der Waals surface area contributed by atoms with E-state index in [4.69, 9.17) is 4.74 Å². The van der Waals surface area contributed by atoms with Crippen molar-refractivity contribution in [1.29, 1.82) is 0 Å². The van der Waals surface area contributed by atoms with Crippen LogP contribution < -0.4 is 4.74 Å². The van der Waals surface area contributed by atoms with Gasteiger partial charge in [-0.05, 0) is 36.5 Å². The predicted molar refractivity (Wildman–Crippen MR) is 86.7 cm³/mol. The Hall–Kier alpha value is -1.80. The van der Waals surface area contributed by atoms with Gasteiger partial charge in [-0.15, -0.1) is 0 Å². The summed E-state index contributed by atoms with van der Waals surface area (Å²) in [5.41, 5.74) is 3.00. The minimum absolute atomic E-state index is 0.594. The number of aliphatic hydroxyl groups excluding tert-OH is 1. The number of ether oxygens (including phenoxy) is 1. The highest BCUT2D eigenvalue weighted by Gasteiger charge is 2.15. The molecule has 0 aliphatic rings. The van der Waals surface area contributed by atoms with E-state index in [0.717, 1.165) is 23.3 Å². The van der Waals surface area contributed by atoms with Crippen molar-refractivity contribution in [2.45, 2.75) is 33.3 Å². The molecule has 2 rings (SSSR count). The van der Waals surface area contributed by atoms with Gasteiger partial charge in [0.2, 0.25) is 0 Å². The summed E-state index contributed by atoms with van der Waals surface area (Å²) in [7, 11) is 0. The van der Waals surface area contributed by atoms with Gasteiger partial charge in [0, 0.05) is 5.56 Å². The molecule has 21 heavy (non-hydrogen) atoms. The lowest BCUT2D eigenvalue weighted by Gasteiger charge is -2.17. The van der Waals surface area contributed by atoms with Gasteiger partial charge in [-0.2, -0.15) is 0 Å². The fourth-order valence-corrected chi connectivity index (χ4v) is 2.53. The second-order valence-electron chi connectivity index (χ2n) is 5.72. The van der Waals surface area contributed by atoms with Crippen molar-refractivity contribution in [3.05, 3.63) is 65.2 Å². The second-order valence-corrected chi connectivity index (χ2v) is 5.72. The molecule has 0 saturated carbocycles. The van der Waals surface area contributed by atoms with Gasteiger partial charge in [-0.1, -0.05) is 56.3 Å². The van der Waals surface area contributed by atoms with Crippen LogP contribution in [0.1, 0.15) is 43.6 Å². The molecule has 1 unspecified atom stereocenters. The average Bonchev–Trinajstić information content (AvgIpc) is 2.47. The first kappa shape index (κ1) is 15.6. The minimum atomic E-state index is -0.653. The largest absolute Gasteiger partial charge is 0.493 e. The summed E-state index contributed by atoms with van der Waals surface area (Å²) in [6.45, 7) is 6.95. The van der Waals surface area contributed by atoms with Gasteiger partial charge in [0.05, 0.1) is 6.61 Å². The van der Waals surface area contributed by atoms with E-state index in [1.165, 1.54) is 5.56 Å². The normalized spacial score (nSPS) is 12.4. The Morgan fingerprint density at radius 1 is 1.05 bits per heavy atom. The van der Waals surface area contributed by atoms with Crippen LogP contribution >= 0.6 is 0 Å². The molecule has 2 nitrogen and oxygen atoms in total. The minimum Gasteiger partial charge on any atom is -0.493 e. The smallest absolute Gasteiger partial charge is 0.125 e.